The second kappa shape index (κ2) is 23.3. The smallest absolute Gasteiger partial charge is 0.321 e. The van der Waals surface area contributed by atoms with Crippen molar-refractivity contribution in [3.8, 4) is 5.75 Å². The highest BCUT2D eigenvalue weighted by molar-refractivity contribution is 7.56. The summed E-state index contributed by atoms with van der Waals surface area (Å²) in [5, 5.41) is 6.78. The Hall–Kier alpha value is -3.04. The summed E-state index contributed by atoms with van der Waals surface area (Å²) in [6, 6.07) is 13.7. The van der Waals surface area contributed by atoms with Crippen LogP contribution in [0.2, 0.25) is 0 Å². The number of hydrogen-bond donors (Lipinski definition) is 2. The van der Waals surface area contributed by atoms with Crippen LogP contribution in [0.3, 0.4) is 0 Å². The Bertz CT molecular complexity index is 1370. The summed E-state index contributed by atoms with van der Waals surface area (Å²) < 4.78 is 25.2. The molecule has 2 heterocycles. The molecule has 1 aromatic heterocycles. The summed E-state index contributed by atoms with van der Waals surface area (Å²) in [4.78, 5) is 33.8. The van der Waals surface area contributed by atoms with Crippen molar-refractivity contribution in [2.75, 3.05) is 33.8 Å². The Balaban J connectivity index is 0.000000496. The van der Waals surface area contributed by atoms with Gasteiger partial charge in [-0.2, -0.15) is 0 Å². The monoisotopic (exact) mass is 689 g/mol. The number of benzene rings is 2. The fourth-order valence-corrected chi connectivity index (χ4v) is 7.83. The van der Waals surface area contributed by atoms with E-state index in [1.54, 1.807) is 7.05 Å². The Morgan fingerprint density at radius 1 is 1.04 bits per heavy atom. The van der Waals surface area contributed by atoms with E-state index in [0.717, 1.165) is 58.7 Å². The fraction of sp³-hybridized carbons (Fsp3) is 0.528. The van der Waals surface area contributed by atoms with Crippen molar-refractivity contribution in [1.82, 2.24) is 15.3 Å². The number of hydrogen-bond acceptors (Lipinski definition) is 8. The zero-order chi connectivity index (χ0) is 35.2. The van der Waals surface area contributed by atoms with Gasteiger partial charge in [-0.05, 0) is 114 Å². The number of carbonyl (C=O) groups excluding carboxylic acids is 3. The molecular formula is C36H56N3O6PS. The number of ether oxygens (including phenoxy) is 1. The third-order valence-electron chi connectivity index (χ3n) is 6.92. The SMILES string of the molecule is CCCCC=O.CCCOC=O.CN1CCCC1.CNC(=O)c1cc2cc(CP(=O)(NC(C)C)Oc3c(C)cccc3C)ccc2s1. The first-order valence-electron chi connectivity index (χ1n) is 16.5. The highest BCUT2D eigenvalue weighted by Crippen LogP contribution is 2.49. The van der Waals surface area contributed by atoms with E-state index in [1.165, 1.54) is 37.3 Å². The molecule has 0 radical (unpaired) electrons. The number of nitrogens with zero attached hydrogens (tertiary/aromatic N) is 1. The van der Waals surface area contributed by atoms with Gasteiger partial charge in [-0.25, -0.2) is 5.09 Å². The number of amides is 1. The van der Waals surface area contributed by atoms with Gasteiger partial charge in [-0.3, -0.25) is 14.2 Å². The lowest BCUT2D eigenvalue weighted by Crippen LogP contribution is -2.23. The van der Waals surface area contributed by atoms with E-state index in [2.05, 4.69) is 34.0 Å². The van der Waals surface area contributed by atoms with Crippen LogP contribution >= 0.6 is 18.9 Å². The zero-order valence-corrected chi connectivity index (χ0v) is 31.3. The molecule has 0 saturated carbocycles. The molecule has 1 fully saturated rings. The summed E-state index contributed by atoms with van der Waals surface area (Å²) in [7, 11) is 0.600. The fourth-order valence-electron chi connectivity index (χ4n) is 4.58. The van der Waals surface area contributed by atoms with Gasteiger partial charge in [-0.15, -0.1) is 11.3 Å². The van der Waals surface area contributed by atoms with Crippen LogP contribution in [0.5, 0.6) is 5.75 Å². The van der Waals surface area contributed by atoms with Crippen molar-refractivity contribution in [3.63, 3.8) is 0 Å². The molecule has 0 bridgehead atoms. The number of nitrogens with one attached hydrogen (secondary N) is 2. The highest BCUT2D eigenvalue weighted by atomic mass is 32.1. The van der Waals surface area contributed by atoms with E-state index in [9.17, 15) is 18.9 Å². The normalized spacial score (nSPS) is 13.6. The second-order valence-electron chi connectivity index (χ2n) is 11.8. The van der Waals surface area contributed by atoms with Crippen LogP contribution in [0, 0.1) is 13.8 Å². The van der Waals surface area contributed by atoms with Gasteiger partial charge in [0.05, 0.1) is 17.6 Å². The van der Waals surface area contributed by atoms with Gasteiger partial charge in [0.2, 0.25) is 0 Å². The minimum Gasteiger partial charge on any atom is -0.468 e. The van der Waals surface area contributed by atoms with E-state index in [0.29, 0.717) is 23.7 Å². The quantitative estimate of drug-likeness (QED) is 0.105. The molecule has 0 aliphatic carbocycles. The number of carbonyl (C=O) groups is 3. The first-order chi connectivity index (χ1) is 22.4. The summed E-state index contributed by atoms with van der Waals surface area (Å²) in [6.45, 7) is 15.5. The van der Waals surface area contributed by atoms with Crippen LogP contribution < -0.4 is 14.9 Å². The first kappa shape index (κ1) is 42.0. The number of unbranched alkanes of at least 4 members (excludes halogenated alkanes) is 2. The number of likely N-dealkylation sites (tertiary alicyclic amines) is 1. The molecular weight excluding hydrogens is 633 g/mol. The lowest BCUT2D eigenvalue weighted by atomic mass is 10.1. The predicted octanol–water partition coefficient (Wildman–Crippen LogP) is 8.30. The molecule has 2 aromatic carbocycles. The predicted molar refractivity (Wildman–Crippen MR) is 196 cm³/mol. The van der Waals surface area contributed by atoms with Crippen LogP contribution in [-0.2, 0) is 25.1 Å². The van der Waals surface area contributed by atoms with E-state index in [1.807, 2.05) is 77.1 Å². The van der Waals surface area contributed by atoms with Crippen molar-refractivity contribution in [2.45, 2.75) is 92.3 Å². The average molecular weight is 690 g/mol. The van der Waals surface area contributed by atoms with Crippen molar-refractivity contribution >= 4 is 47.6 Å². The van der Waals surface area contributed by atoms with E-state index >= 15 is 0 Å². The summed E-state index contributed by atoms with van der Waals surface area (Å²) in [6.07, 6.45) is 7.86. The van der Waals surface area contributed by atoms with Gasteiger partial charge in [0.15, 0.2) is 0 Å². The molecule has 262 valence electrons. The Morgan fingerprint density at radius 3 is 2.15 bits per heavy atom. The Kier molecular flexibility index (Phi) is 20.8. The molecule has 3 aromatic rings. The third-order valence-corrected chi connectivity index (χ3v) is 10.2. The van der Waals surface area contributed by atoms with E-state index in [-0.39, 0.29) is 18.1 Å². The molecule has 9 nitrogen and oxygen atoms in total. The highest BCUT2D eigenvalue weighted by Gasteiger charge is 2.28. The second-order valence-corrected chi connectivity index (χ2v) is 15.0. The van der Waals surface area contributed by atoms with Crippen LogP contribution in [0.15, 0.2) is 42.5 Å². The first-order valence-corrected chi connectivity index (χ1v) is 19.1. The maximum absolute atomic E-state index is 13.8. The number of fused-ring (bicyclic) bond motifs is 1. The average Bonchev–Trinajstić information content (AvgIpc) is 3.70. The summed E-state index contributed by atoms with van der Waals surface area (Å²) >= 11 is 1.45. The van der Waals surface area contributed by atoms with Crippen molar-refractivity contribution in [3.05, 3.63) is 64.0 Å². The van der Waals surface area contributed by atoms with Crippen LogP contribution in [-0.4, -0.2) is 63.4 Å². The molecule has 1 atom stereocenters. The van der Waals surface area contributed by atoms with Crippen LogP contribution in [0.1, 0.15) is 92.6 Å². The Morgan fingerprint density at radius 2 is 1.70 bits per heavy atom. The number of para-hydroxylation sites is 1. The molecule has 11 heteroatoms. The molecule has 4 rings (SSSR count). The van der Waals surface area contributed by atoms with Gasteiger partial charge in [0.25, 0.3) is 12.4 Å². The Labute approximate surface area is 286 Å². The van der Waals surface area contributed by atoms with Gasteiger partial charge in [0.1, 0.15) is 12.0 Å². The molecule has 0 spiro atoms. The van der Waals surface area contributed by atoms with Crippen LogP contribution in [0.25, 0.3) is 10.1 Å². The van der Waals surface area contributed by atoms with Gasteiger partial charge in [0, 0.05) is 24.2 Å². The van der Waals surface area contributed by atoms with Crippen molar-refractivity contribution < 1.29 is 28.2 Å². The van der Waals surface area contributed by atoms with Gasteiger partial charge < -0.3 is 24.3 Å². The van der Waals surface area contributed by atoms with E-state index < -0.39 is 7.52 Å². The standard InChI is InChI=1S/C22H27N2O3PS.C5H11N.C5H10O.C4H8O2/c1-14(2)24-28(26,27-21-15(3)7-6-8-16(21)4)13-17-9-10-19-18(11-17)12-20(29-19)22(25)23-5;1-6-4-2-3-5-6;1-2-3-4-5-6;1-2-3-6-4-5/h6-12,14H,13H2,1-5H3,(H,23,25)(H,24,26);2-5H2,1H3;5H,2-4H2,1H3;4H,2-3H2,1H3. The lowest BCUT2D eigenvalue weighted by Gasteiger charge is -2.24. The molecule has 1 aliphatic heterocycles. The number of thiophene rings is 1. The third kappa shape index (κ3) is 16.6. The minimum atomic E-state index is -3.20. The summed E-state index contributed by atoms with van der Waals surface area (Å²) in [5.74, 6) is 0.570. The number of aryl methyl sites for hydroxylation is 2. The zero-order valence-electron chi connectivity index (χ0n) is 29.6. The molecule has 1 aliphatic rings. The molecule has 2 N–H and O–H groups in total. The minimum absolute atomic E-state index is 0.00916. The lowest BCUT2D eigenvalue weighted by molar-refractivity contribution is -0.128. The molecule has 1 saturated heterocycles. The van der Waals surface area contributed by atoms with Crippen molar-refractivity contribution in [1.29, 1.82) is 0 Å². The maximum atomic E-state index is 13.8. The maximum Gasteiger partial charge on any atom is 0.321 e. The number of rotatable bonds is 13. The summed E-state index contributed by atoms with van der Waals surface area (Å²) in [5.41, 5.74) is 2.82. The number of aldehydes is 1. The molecule has 1 amide bonds. The van der Waals surface area contributed by atoms with Crippen molar-refractivity contribution in [2.24, 2.45) is 0 Å². The molecule has 47 heavy (non-hydrogen) atoms. The van der Waals surface area contributed by atoms with Crippen LogP contribution in [0.4, 0.5) is 0 Å². The topological polar surface area (TPSA) is 114 Å². The largest absolute Gasteiger partial charge is 0.468 e. The van der Waals surface area contributed by atoms with Gasteiger partial charge in [-0.1, -0.05) is 44.5 Å². The van der Waals surface area contributed by atoms with Gasteiger partial charge >= 0.3 is 7.52 Å². The van der Waals surface area contributed by atoms with E-state index in [4.69, 9.17) is 4.52 Å². The molecule has 1 unspecified atom stereocenters.